The van der Waals surface area contributed by atoms with Gasteiger partial charge < -0.3 is 5.32 Å². The van der Waals surface area contributed by atoms with Crippen LogP contribution in [0.25, 0.3) is 6.08 Å². The van der Waals surface area contributed by atoms with Crippen LogP contribution in [0.2, 0.25) is 0 Å². The van der Waals surface area contributed by atoms with Crippen molar-refractivity contribution in [1.82, 2.24) is 5.32 Å². The van der Waals surface area contributed by atoms with Crippen LogP contribution in [0.15, 0.2) is 60.7 Å². The predicted octanol–water partition coefficient (Wildman–Crippen LogP) is 3.88. The standard InChI is InChI=1S/C18H18N2O3/c1-2-17(15-8-4-3-5-9-15)19-18(21)12-11-14-7-6-10-16(13-14)20(22)23/h3-13,17H,2H2,1H3,(H,19,21)/b12-11+. The van der Waals surface area contributed by atoms with Gasteiger partial charge in [0.2, 0.25) is 5.91 Å². The average Bonchev–Trinajstić information content (AvgIpc) is 2.59. The number of nitrogens with zero attached hydrogens (tertiary/aromatic N) is 1. The van der Waals surface area contributed by atoms with Crippen molar-refractivity contribution in [3.05, 3.63) is 81.9 Å². The maximum Gasteiger partial charge on any atom is 0.270 e. The molecule has 0 aliphatic carbocycles. The lowest BCUT2D eigenvalue weighted by atomic mass is 10.0. The quantitative estimate of drug-likeness (QED) is 0.500. The Balaban J connectivity index is 2.03. The Morgan fingerprint density at radius 3 is 2.61 bits per heavy atom. The molecule has 1 unspecified atom stereocenters. The molecule has 0 aliphatic rings. The van der Waals surface area contributed by atoms with E-state index in [2.05, 4.69) is 5.32 Å². The van der Waals surface area contributed by atoms with E-state index in [0.717, 1.165) is 12.0 Å². The van der Waals surface area contributed by atoms with Gasteiger partial charge in [0, 0.05) is 18.2 Å². The van der Waals surface area contributed by atoms with Crippen LogP contribution >= 0.6 is 0 Å². The summed E-state index contributed by atoms with van der Waals surface area (Å²) in [6.07, 6.45) is 3.74. The minimum Gasteiger partial charge on any atom is -0.346 e. The summed E-state index contributed by atoms with van der Waals surface area (Å²) in [7, 11) is 0. The van der Waals surface area contributed by atoms with Crippen LogP contribution in [0.3, 0.4) is 0 Å². The lowest BCUT2D eigenvalue weighted by Crippen LogP contribution is -2.26. The molecule has 5 heteroatoms. The van der Waals surface area contributed by atoms with Crippen molar-refractivity contribution in [2.75, 3.05) is 0 Å². The first kappa shape index (κ1) is 16.4. The van der Waals surface area contributed by atoms with E-state index in [1.54, 1.807) is 18.2 Å². The zero-order valence-electron chi connectivity index (χ0n) is 12.8. The maximum absolute atomic E-state index is 12.0. The number of nitrogens with one attached hydrogen (secondary N) is 1. The highest BCUT2D eigenvalue weighted by molar-refractivity contribution is 5.92. The second-order valence-corrected chi connectivity index (χ2v) is 5.07. The summed E-state index contributed by atoms with van der Waals surface area (Å²) in [5.74, 6) is -0.229. The van der Waals surface area contributed by atoms with Gasteiger partial charge in [-0.25, -0.2) is 0 Å². The molecule has 0 aromatic heterocycles. The number of hydrogen-bond acceptors (Lipinski definition) is 3. The lowest BCUT2D eigenvalue weighted by molar-refractivity contribution is -0.384. The van der Waals surface area contributed by atoms with Gasteiger partial charge in [-0.05, 0) is 23.6 Å². The summed E-state index contributed by atoms with van der Waals surface area (Å²) < 4.78 is 0. The zero-order valence-corrected chi connectivity index (χ0v) is 12.8. The molecule has 118 valence electrons. The second-order valence-electron chi connectivity index (χ2n) is 5.07. The summed E-state index contributed by atoms with van der Waals surface area (Å²) >= 11 is 0. The van der Waals surface area contributed by atoms with Gasteiger partial charge in [-0.2, -0.15) is 0 Å². The van der Waals surface area contributed by atoms with Crippen molar-refractivity contribution < 1.29 is 9.72 Å². The van der Waals surface area contributed by atoms with Crippen LogP contribution < -0.4 is 5.32 Å². The predicted molar refractivity (Wildman–Crippen MR) is 89.7 cm³/mol. The Morgan fingerprint density at radius 2 is 1.96 bits per heavy atom. The van der Waals surface area contributed by atoms with Gasteiger partial charge in [-0.3, -0.25) is 14.9 Å². The number of carbonyl (C=O) groups is 1. The largest absolute Gasteiger partial charge is 0.346 e. The number of benzene rings is 2. The first-order chi connectivity index (χ1) is 11.1. The van der Waals surface area contributed by atoms with E-state index in [0.29, 0.717) is 5.56 Å². The summed E-state index contributed by atoms with van der Waals surface area (Å²) in [5.41, 5.74) is 1.66. The second kappa shape index (κ2) is 7.89. The molecular formula is C18H18N2O3. The van der Waals surface area contributed by atoms with Gasteiger partial charge in [-0.15, -0.1) is 0 Å². The summed E-state index contributed by atoms with van der Waals surface area (Å²) in [4.78, 5) is 22.3. The Labute approximate surface area is 134 Å². The Hall–Kier alpha value is -2.95. The van der Waals surface area contributed by atoms with Crippen LogP contribution in [0.5, 0.6) is 0 Å². The molecule has 2 rings (SSSR count). The van der Waals surface area contributed by atoms with E-state index in [9.17, 15) is 14.9 Å². The average molecular weight is 310 g/mol. The minimum absolute atomic E-state index is 0.00304. The molecule has 23 heavy (non-hydrogen) atoms. The number of carbonyl (C=O) groups excluding carboxylic acids is 1. The summed E-state index contributed by atoms with van der Waals surface area (Å²) in [5, 5.41) is 13.7. The maximum atomic E-state index is 12.0. The third-order valence-electron chi connectivity index (χ3n) is 3.43. The molecule has 0 bridgehead atoms. The van der Waals surface area contributed by atoms with Crippen molar-refractivity contribution in [2.45, 2.75) is 19.4 Å². The van der Waals surface area contributed by atoms with Crippen molar-refractivity contribution in [1.29, 1.82) is 0 Å². The van der Waals surface area contributed by atoms with Crippen LogP contribution in [0.1, 0.15) is 30.5 Å². The highest BCUT2D eigenvalue weighted by Crippen LogP contribution is 2.16. The smallest absolute Gasteiger partial charge is 0.270 e. The fourth-order valence-corrected chi connectivity index (χ4v) is 2.24. The van der Waals surface area contributed by atoms with E-state index >= 15 is 0 Å². The fraction of sp³-hybridized carbons (Fsp3) is 0.167. The molecule has 5 nitrogen and oxygen atoms in total. The molecule has 0 fully saturated rings. The van der Waals surface area contributed by atoms with E-state index < -0.39 is 4.92 Å². The molecule has 0 saturated heterocycles. The lowest BCUT2D eigenvalue weighted by Gasteiger charge is -2.16. The highest BCUT2D eigenvalue weighted by atomic mass is 16.6. The Morgan fingerprint density at radius 1 is 1.22 bits per heavy atom. The van der Waals surface area contributed by atoms with Gasteiger partial charge in [0.1, 0.15) is 0 Å². The number of amides is 1. The van der Waals surface area contributed by atoms with Crippen molar-refractivity contribution in [3.8, 4) is 0 Å². The van der Waals surface area contributed by atoms with E-state index in [4.69, 9.17) is 0 Å². The van der Waals surface area contributed by atoms with Crippen molar-refractivity contribution in [3.63, 3.8) is 0 Å². The first-order valence-electron chi connectivity index (χ1n) is 7.38. The Kier molecular flexibility index (Phi) is 5.63. The van der Waals surface area contributed by atoms with E-state index in [1.165, 1.54) is 18.2 Å². The molecule has 0 heterocycles. The molecule has 2 aromatic rings. The fourth-order valence-electron chi connectivity index (χ4n) is 2.24. The number of nitro benzene ring substituents is 1. The molecule has 0 saturated carbocycles. The third-order valence-corrected chi connectivity index (χ3v) is 3.43. The van der Waals surface area contributed by atoms with Crippen LogP contribution in [0, 0.1) is 10.1 Å². The van der Waals surface area contributed by atoms with Gasteiger partial charge >= 0.3 is 0 Å². The first-order valence-corrected chi connectivity index (χ1v) is 7.38. The molecule has 1 N–H and O–H groups in total. The molecule has 0 aliphatic heterocycles. The van der Waals surface area contributed by atoms with Crippen LogP contribution in [-0.4, -0.2) is 10.8 Å². The Bertz CT molecular complexity index is 711. The molecular weight excluding hydrogens is 292 g/mol. The third kappa shape index (κ3) is 4.78. The number of non-ortho nitro benzene ring substituents is 1. The molecule has 0 spiro atoms. The van der Waals surface area contributed by atoms with Gasteiger partial charge in [-0.1, -0.05) is 49.4 Å². The topological polar surface area (TPSA) is 72.2 Å². The van der Waals surface area contributed by atoms with Crippen molar-refractivity contribution in [2.24, 2.45) is 0 Å². The molecule has 2 aromatic carbocycles. The normalized spacial score (nSPS) is 12.0. The highest BCUT2D eigenvalue weighted by Gasteiger charge is 2.10. The van der Waals surface area contributed by atoms with Crippen molar-refractivity contribution >= 4 is 17.7 Å². The van der Waals surface area contributed by atoms with E-state index in [1.807, 2.05) is 37.3 Å². The number of nitro groups is 1. The zero-order chi connectivity index (χ0) is 16.7. The van der Waals surface area contributed by atoms with Gasteiger partial charge in [0.05, 0.1) is 11.0 Å². The summed E-state index contributed by atoms with van der Waals surface area (Å²) in [6, 6.07) is 15.8. The number of hydrogen-bond donors (Lipinski definition) is 1. The van der Waals surface area contributed by atoms with E-state index in [-0.39, 0.29) is 17.6 Å². The van der Waals surface area contributed by atoms with Crippen LogP contribution in [0.4, 0.5) is 5.69 Å². The minimum atomic E-state index is -0.458. The van der Waals surface area contributed by atoms with Crippen LogP contribution in [-0.2, 0) is 4.79 Å². The molecule has 1 atom stereocenters. The monoisotopic (exact) mass is 310 g/mol. The number of rotatable bonds is 6. The molecule has 1 amide bonds. The summed E-state index contributed by atoms with van der Waals surface area (Å²) in [6.45, 7) is 2.00. The van der Waals surface area contributed by atoms with Gasteiger partial charge in [0.15, 0.2) is 0 Å². The molecule has 0 radical (unpaired) electrons. The SMILES string of the molecule is CCC(NC(=O)/C=C/c1cccc([N+](=O)[O-])c1)c1ccccc1. The van der Waals surface area contributed by atoms with Gasteiger partial charge in [0.25, 0.3) is 5.69 Å².